The fourth-order valence-electron chi connectivity index (χ4n) is 2.06. The SMILES string of the molecule is CC(C)Cn1cnnc1[C@H](N)Cc1ccc(O)cc1. The smallest absolute Gasteiger partial charge is 0.150 e. The molecule has 0 aliphatic heterocycles. The maximum absolute atomic E-state index is 9.26. The molecule has 102 valence electrons. The molecule has 3 N–H and O–H groups in total. The van der Waals surface area contributed by atoms with Crippen molar-refractivity contribution in [2.45, 2.75) is 32.9 Å². The summed E-state index contributed by atoms with van der Waals surface area (Å²) < 4.78 is 2.01. The molecule has 0 fully saturated rings. The van der Waals surface area contributed by atoms with Gasteiger partial charge in [0.2, 0.25) is 0 Å². The van der Waals surface area contributed by atoms with Crippen molar-refractivity contribution >= 4 is 0 Å². The summed E-state index contributed by atoms with van der Waals surface area (Å²) in [4.78, 5) is 0. The highest BCUT2D eigenvalue weighted by molar-refractivity contribution is 5.26. The number of aromatic hydroxyl groups is 1. The molecule has 0 spiro atoms. The van der Waals surface area contributed by atoms with E-state index in [1.54, 1.807) is 18.5 Å². The van der Waals surface area contributed by atoms with Gasteiger partial charge in [0.05, 0.1) is 6.04 Å². The van der Waals surface area contributed by atoms with Crippen LogP contribution in [0.2, 0.25) is 0 Å². The Hall–Kier alpha value is -1.88. The molecule has 0 bridgehead atoms. The van der Waals surface area contributed by atoms with Crippen molar-refractivity contribution in [1.29, 1.82) is 0 Å². The van der Waals surface area contributed by atoms with Crippen molar-refractivity contribution in [2.75, 3.05) is 0 Å². The molecule has 0 unspecified atom stereocenters. The largest absolute Gasteiger partial charge is 0.508 e. The van der Waals surface area contributed by atoms with Crippen LogP contribution in [-0.2, 0) is 13.0 Å². The molecule has 2 rings (SSSR count). The zero-order chi connectivity index (χ0) is 13.8. The average molecular weight is 260 g/mol. The van der Waals surface area contributed by atoms with Crippen molar-refractivity contribution < 1.29 is 5.11 Å². The number of hydrogen-bond donors (Lipinski definition) is 2. The molecule has 0 radical (unpaired) electrons. The third kappa shape index (κ3) is 3.54. The molecule has 0 aliphatic carbocycles. The van der Waals surface area contributed by atoms with Gasteiger partial charge in [0.25, 0.3) is 0 Å². The third-order valence-electron chi connectivity index (χ3n) is 2.93. The lowest BCUT2D eigenvalue weighted by Gasteiger charge is -2.14. The van der Waals surface area contributed by atoms with Crippen molar-refractivity contribution in [2.24, 2.45) is 11.7 Å². The van der Waals surface area contributed by atoms with Crippen molar-refractivity contribution in [3.8, 4) is 5.75 Å². The molecule has 19 heavy (non-hydrogen) atoms. The van der Waals surface area contributed by atoms with Crippen LogP contribution in [0, 0.1) is 5.92 Å². The normalized spacial score (nSPS) is 12.8. The lowest BCUT2D eigenvalue weighted by atomic mass is 10.1. The molecular formula is C14H20N4O. The molecule has 2 aromatic rings. The van der Waals surface area contributed by atoms with Crippen molar-refractivity contribution in [3.05, 3.63) is 42.0 Å². The Kier molecular flexibility index (Phi) is 4.16. The maximum atomic E-state index is 9.26. The number of rotatable bonds is 5. The van der Waals surface area contributed by atoms with E-state index in [9.17, 15) is 5.11 Å². The van der Waals surface area contributed by atoms with E-state index >= 15 is 0 Å². The number of aromatic nitrogens is 3. The molecule has 0 aliphatic rings. The number of hydrogen-bond acceptors (Lipinski definition) is 4. The summed E-state index contributed by atoms with van der Waals surface area (Å²) in [5.41, 5.74) is 7.27. The Balaban J connectivity index is 2.09. The molecule has 1 aromatic carbocycles. The molecule has 1 heterocycles. The number of nitrogens with zero attached hydrogens (tertiary/aromatic N) is 3. The summed E-state index contributed by atoms with van der Waals surface area (Å²) in [5, 5.41) is 17.3. The van der Waals surface area contributed by atoms with Crippen LogP contribution in [0.4, 0.5) is 0 Å². The molecule has 0 amide bonds. The number of nitrogens with two attached hydrogens (primary N) is 1. The topological polar surface area (TPSA) is 77.0 Å². The second-order valence-electron chi connectivity index (χ2n) is 5.21. The van der Waals surface area contributed by atoms with Crippen molar-refractivity contribution in [3.63, 3.8) is 0 Å². The van der Waals surface area contributed by atoms with Gasteiger partial charge in [-0.25, -0.2) is 0 Å². The zero-order valence-electron chi connectivity index (χ0n) is 11.3. The Bertz CT molecular complexity index is 518. The number of phenols is 1. The predicted octanol–water partition coefficient (Wildman–Crippen LogP) is 1.88. The van der Waals surface area contributed by atoms with Gasteiger partial charge in [0.15, 0.2) is 0 Å². The minimum absolute atomic E-state index is 0.189. The second-order valence-corrected chi connectivity index (χ2v) is 5.21. The molecule has 5 heteroatoms. The van der Waals surface area contributed by atoms with Gasteiger partial charge in [-0.05, 0) is 30.0 Å². The van der Waals surface area contributed by atoms with Crippen LogP contribution < -0.4 is 5.73 Å². The Morgan fingerprint density at radius 3 is 2.58 bits per heavy atom. The quantitative estimate of drug-likeness (QED) is 0.860. The predicted molar refractivity (Wildman–Crippen MR) is 73.6 cm³/mol. The van der Waals surface area contributed by atoms with Crippen LogP contribution in [-0.4, -0.2) is 19.9 Å². The molecule has 0 saturated heterocycles. The fraction of sp³-hybridized carbons (Fsp3) is 0.429. The van der Waals surface area contributed by atoms with Gasteiger partial charge in [0.1, 0.15) is 17.9 Å². The van der Waals surface area contributed by atoms with Gasteiger partial charge >= 0.3 is 0 Å². The van der Waals surface area contributed by atoms with Gasteiger partial charge in [-0.1, -0.05) is 26.0 Å². The van der Waals surface area contributed by atoms with Gasteiger partial charge in [-0.2, -0.15) is 0 Å². The maximum Gasteiger partial charge on any atom is 0.150 e. The highest BCUT2D eigenvalue weighted by Gasteiger charge is 2.15. The van der Waals surface area contributed by atoms with Crippen LogP contribution in [0.25, 0.3) is 0 Å². The first kappa shape index (κ1) is 13.5. The second kappa shape index (κ2) is 5.84. The first-order valence-corrected chi connectivity index (χ1v) is 6.47. The van der Waals surface area contributed by atoms with E-state index in [-0.39, 0.29) is 11.8 Å². The van der Waals surface area contributed by atoms with E-state index in [0.717, 1.165) is 17.9 Å². The van der Waals surface area contributed by atoms with Crippen molar-refractivity contribution in [1.82, 2.24) is 14.8 Å². The van der Waals surface area contributed by atoms with Crippen LogP contribution in [0.15, 0.2) is 30.6 Å². The summed E-state index contributed by atoms with van der Waals surface area (Å²) in [6, 6.07) is 6.89. The monoisotopic (exact) mass is 260 g/mol. The van der Waals surface area contributed by atoms with E-state index < -0.39 is 0 Å². The van der Waals surface area contributed by atoms with Crippen LogP contribution >= 0.6 is 0 Å². The summed E-state index contributed by atoms with van der Waals surface area (Å²) in [6.45, 7) is 5.16. The zero-order valence-corrected chi connectivity index (χ0v) is 11.3. The molecule has 0 saturated carbocycles. The third-order valence-corrected chi connectivity index (χ3v) is 2.93. The summed E-state index contributed by atoms with van der Waals surface area (Å²) >= 11 is 0. The molecular weight excluding hydrogens is 240 g/mol. The summed E-state index contributed by atoms with van der Waals surface area (Å²) in [7, 11) is 0. The Morgan fingerprint density at radius 2 is 1.95 bits per heavy atom. The van der Waals surface area contributed by atoms with Gasteiger partial charge < -0.3 is 15.4 Å². The molecule has 1 atom stereocenters. The van der Waals surface area contributed by atoms with Gasteiger partial charge in [-0.3, -0.25) is 0 Å². The lowest BCUT2D eigenvalue weighted by Crippen LogP contribution is -2.20. The van der Waals surface area contributed by atoms with E-state index in [4.69, 9.17) is 5.73 Å². The fourth-order valence-corrected chi connectivity index (χ4v) is 2.06. The van der Waals surface area contributed by atoms with Gasteiger partial charge in [-0.15, -0.1) is 10.2 Å². The minimum atomic E-state index is -0.189. The first-order valence-electron chi connectivity index (χ1n) is 6.47. The van der Waals surface area contributed by atoms with E-state index in [0.29, 0.717) is 12.3 Å². The Labute approximate surface area is 113 Å². The first-order chi connectivity index (χ1) is 9.06. The van der Waals surface area contributed by atoms with E-state index in [1.165, 1.54) is 0 Å². The average Bonchev–Trinajstić information content (AvgIpc) is 2.79. The molecule has 5 nitrogen and oxygen atoms in total. The highest BCUT2D eigenvalue weighted by Crippen LogP contribution is 2.17. The van der Waals surface area contributed by atoms with E-state index in [2.05, 4.69) is 24.0 Å². The standard InChI is InChI=1S/C14H20N4O/c1-10(2)8-18-9-16-17-14(18)13(15)7-11-3-5-12(19)6-4-11/h3-6,9-10,13,19H,7-8,15H2,1-2H3/t13-/m1/s1. The number of phenolic OH excluding ortho intramolecular Hbond substituents is 1. The molecule has 1 aromatic heterocycles. The minimum Gasteiger partial charge on any atom is -0.508 e. The van der Waals surface area contributed by atoms with Crippen LogP contribution in [0.3, 0.4) is 0 Å². The van der Waals surface area contributed by atoms with E-state index in [1.807, 2.05) is 16.7 Å². The Morgan fingerprint density at radius 1 is 1.26 bits per heavy atom. The van der Waals surface area contributed by atoms with Crippen LogP contribution in [0.1, 0.15) is 31.3 Å². The lowest BCUT2D eigenvalue weighted by molar-refractivity contribution is 0.474. The summed E-state index contributed by atoms with van der Waals surface area (Å²) in [5.74, 6) is 1.60. The summed E-state index contributed by atoms with van der Waals surface area (Å²) in [6.07, 6.45) is 2.41. The van der Waals surface area contributed by atoms with Crippen LogP contribution in [0.5, 0.6) is 5.75 Å². The van der Waals surface area contributed by atoms with Gasteiger partial charge in [0, 0.05) is 6.54 Å². The highest BCUT2D eigenvalue weighted by atomic mass is 16.3. The number of benzene rings is 1.